The molecule has 0 unspecified atom stereocenters. The van der Waals surface area contributed by atoms with E-state index in [1.807, 2.05) is 0 Å². The van der Waals surface area contributed by atoms with Gasteiger partial charge in [0.1, 0.15) is 5.69 Å². The maximum absolute atomic E-state index is 12.5. The molecule has 0 atom stereocenters. The lowest BCUT2D eigenvalue weighted by Crippen LogP contribution is -2.02. The molecule has 76 valence electrons. The first-order valence-corrected chi connectivity index (χ1v) is 4.15. The number of rotatable bonds is 2. The molecule has 0 saturated heterocycles. The minimum absolute atomic E-state index is 0.0747. The smallest absolute Gasteiger partial charge is 0.250 e. The van der Waals surface area contributed by atoms with Crippen LogP contribution in [0.3, 0.4) is 0 Å². The van der Waals surface area contributed by atoms with Gasteiger partial charge >= 0.3 is 0 Å². The van der Waals surface area contributed by atoms with Crippen LogP contribution in [0.4, 0.5) is 8.78 Å². The van der Waals surface area contributed by atoms with Gasteiger partial charge in [-0.05, 0) is 18.6 Å². The Kier molecular flexibility index (Phi) is 3.30. The van der Waals surface area contributed by atoms with Crippen molar-refractivity contribution in [3.63, 3.8) is 0 Å². The van der Waals surface area contributed by atoms with Crippen LogP contribution >= 0.6 is 0 Å². The molecule has 1 aromatic heterocycles. The number of hydrogen-bond donors (Lipinski definition) is 0. The largest absolute Gasteiger partial charge is 0.280 e. The second kappa shape index (κ2) is 4.47. The van der Waals surface area contributed by atoms with E-state index in [1.54, 1.807) is 12.1 Å². The van der Waals surface area contributed by atoms with Gasteiger partial charge in [-0.15, -0.1) is 0 Å². The standard InChI is InChI=1S/C10H7F2N3/c1-6-7(5-14)4-8(2-3-13)15-9(6)10(11)12/h4,10H,2H2,1H3. The molecule has 1 heterocycles. The first-order chi connectivity index (χ1) is 7.10. The quantitative estimate of drug-likeness (QED) is 0.747. The van der Waals surface area contributed by atoms with Gasteiger partial charge < -0.3 is 0 Å². The summed E-state index contributed by atoms with van der Waals surface area (Å²) in [5.74, 6) is 0. The van der Waals surface area contributed by atoms with E-state index in [2.05, 4.69) is 4.98 Å². The Morgan fingerprint density at radius 1 is 1.47 bits per heavy atom. The Bertz CT molecular complexity index is 455. The molecule has 0 amide bonds. The summed E-state index contributed by atoms with van der Waals surface area (Å²) in [7, 11) is 0. The number of nitrogens with zero attached hydrogens (tertiary/aromatic N) is 3. The van der Waals surface area contributed by atoms with E-state index in [0.29, 0.717) is 0 Å². The second-order valence-electron chi connectivity index (χ2n) is 2.92. The number of hydrogen-bond acceptors (Lipinski definition) is 3. The first-order valence-electron chi connectivity index (χ1n) is 4.15. The maximum Gasteiger partial charge on any atom is 0.280 e. The van der Waals surface area contributed by atoms with Crippen LogP contribution in [0, 0.1) is 29.6 Å². The van der Waals surface area contributed by atoms with Crippen molar-refractivity contribution in [3.05, 3.63) is 28.6 Å². The van der Waals surface area contributed by atoms with Gasteiger partial charge in [-0.3, -0.25) is 4.98 Å². The molecule has 1 rings (SSSR count). The fraction of sp³-hybridized carbons (Fsp3) is 0.300. The lowest BCUT2D eigenvalue weighted by atomic mass is 10.1. The van der Waals surface area contributed by atoms with E-state index in [9.17, 15) is 8.78 Å². The minimum Gasteiger partial charge on any atom is -0.250 e. The van der Waals surface area contributed by atoms with Crippen molar-refractivity contribution < 1.29 is 8.78 Å². The lowest BCUT2D eigenvalue weighted by Gasteiger charge is -2.07. The van der Waals surface area contributed by atoms with Crippen molar-refractivity contribution in [2.45, 2.75) is 19.8 Å². The molecule has 0 radical (unpaired) electrons. The zero-order valence-electron chi connectivity index (χ0n) is 7.96. The molecular weight excluding hydrogens is 200 g/mol. The third-order valence-electron chi connectivity index (χ3n) is 1.95. The summed E-state index contributed by atoms with van der Waals surface area (Å²) in [5, 5.41) is 17.1. The Hall–Kier alpha value is -2.01. The molecule has 0 bridgehead atoms. The van der Waals surface area contributed by atoms with Crippen LogP contribution in [-0.4, -0.2) is 4.98 Å². The molecule has 0 fully saturated rings. The van der Waals surface area contributed by atoms with E-state index in [1.165, 1.54) is 13.0 Å². The summed E-state index contributed by atoms with van der Waals surface area (Å²) in [5.41, 5.74) is 0.106. The Balaban J connectivity index is 3.35. The fourth-order valence-corrected chi connectivity index (χ4v) is 1.18. The molecule has 0 aliphatic rings. The number of pyridine rings is 1. The van der Waals surface area contributed by atoms with Crippen LogP contribution in [0.25, 0.3) is 0 Å². The molecular formula is C10H7F2N3. The van der Waals surface area contributed by atoms with Gasteiger partial charge in [0.15, 0.2) is 0 Å². The molecule has 3 nitrogen and oxygen atoms in total. The predicted octanol–water partition coefficient (Wildman–Crippen LogP) is 2.27. The number of aromatic nitrogens is 1. The fourth-order valence-electron chi connectivity index (χ4n) is 1.18. The molecule has 0 aromatic carbocycles. The van der Waals surface area contributed by atoms with E-state index in [4.69, 9.17) is 10.5 Å². The minimum atomic E-state index is -2.73. The predicted molar refractivity (Wildman–Crippen MR) is 48.0 cm³/mol. The molecule has 0 N–H and O–H groups in total. The lowest BCUT2D eigenvalue weighted by molar-refractivity contribution is 0.145. The number of alkyl halides is 2. The molecule has 15 heavy (non-hydrogen) atoms. The van der Waals surface area contributed by atoms with Crippen LogP contribution < -0.4 is 0 Å². The highest BCUT2D eigenvalue weighted by Gasteiger charge is 2.16. The van der Waals surface area contributed by atoms with Crippen LogP contribution in [0.2, 0.25) is 0 Å². The Morgan fingerprint density at radius 3 is 2.60 bits per heavy atom. The molecule has 0 spiro atoms. The summed E-state index contributed by atoms with van der Waals surface area (Å²) < 4.78 is 25.0. The summed E-state index contributed by atoms with van der Waals surface area (Å²) in [4.78, 5) is 3.65. The third kappa shape index (κ3) is 2.26. The summed E-state index contributed by atoms with van der Waals surface area (Å²) >= 11 is 0. The topological polar surface area (TPSA) is 60.5 Å². The SMILES string of the molecule is Cc1c(C#N)cc(CC#N)nc1C(F)F. The van der Waals surface area contributed by atoms with Crippen LogP contribution in [-0.2, 0) is 6.42 Å². The van der Waals surface area contributed by atoms with Crippen LogP contribution in [0.1, 0.15) is 28.9 Å². The first kappa shape index (κ1) is 11.1. The number of halogens is 2. The second-order valence-corrected chi connectivity index (χ2v) is 2.92. The van der Waals surface area contributed by atoms with E-state index >= 15 is 0 Å². The summed E-state index contributed by atoms with van der Waals surface area (Å²) in [6, 6.07) is 4.98. The normalized spacial score (nSPS) is 9.73. The molecule has 0 saturated carbocycles. The van der Waals surface area contributed by atoms with Gasteiger partial charge in [0.25, 0.3) is 6.43 Å². The zero-order chi connectivity index (χ0) is 11.4. The van der Waals surface area contributed by atoms with Crippen molar-refractivity contribution in [1.82, 2.24) is 4.98 Å². The third-order valence-corrected chi connectivity index (χ3v) is 1.95. The Labute approximate surface area is 85.6 Å². The molecule has 5 heteroatoms. The van der Waals surface area contributed by atoms with Crippen LogP contribution in [0.15, 0.2) is 6.07 Å². The van der Waals surface area contributed by atoms with Crippen molar-refractivity contribution in [3.8, 4) is 12.1 Å². The molecule has 0 aliphatic carbocycles. The zero-order valence-corrected chi connectivity index (χ0v) is 7.96. The average Bonchev–Trinajstić information content (AvgIpc) is 2.20. The van der Waals surface area contributed by atoms with Crippen molar-refractivity contribution in [2.24, 2.45) is 0 Å². The van der Waals surface area contributed by atoms with Gasteiger partial charge in [0, 0.05) is 0 Å². The van der Waals surface area contributed by atoms with Gasteiger partial charge in [-0.2, -0.15) is 10.5 Å². The Morgan fingerprint density at radius 2 is 2.13 bits per heavy atom. The van der Waals surface area contributed by atoms with Crippen molar-refractivity contribution in [2.75, 3.05) is 0 Å². The number of nitriles is 2. The molecule has 0 aliphatic heterocycles. The average molecular weight is 207 g/mol. The molecule has 1 aromatic rings. The highest BCUT2D eigenvalue weighted by Crippen LogP contribution is 2.23. The summed E-state index contributed by atoms with van der Waals surface area (Å²) in [6.07, 6.45) is -2.80. The highest BCUT2D eigenvalue weighted by molar-refractivity contribution is 5.41. The van der Waals surface area contributed by atoms with Crippen molar-refractivity contribution >= 4 is 0 Å². The van der Waals surface area contributed by atoms with Crippen LogP contribution in [0.5, 0.6) is 0 Å². The monoisotopic (exact) mass is 207 g/mol. The van der Waals surface area contributed by atoms with E-state index in [0.717, 1.165) is 0 Å². The van der Waals surface area contributed by atoms with E-state index in [-0.39, 0.29) is 23.2 Å². The van der Waals surface area contributed by atoms with Gasteiger partial charge in [0.05, 0.1) is 29.8 Å². The van der Waals surface area contributed by atoms with Crippen molar-refractivity contribution in [1.29, 1.82) is 10.5 Å². The van der Waals surface area contributed by atoms with Gasteiger partial charge in [0.2, 0.25) is 0 Å². The summed E-state index contributed by atoms with van der Waals surface area (Å²) in [6.45, 7) is 1.42. The van der Waals surface area contributed by atoms with Gasteiger partial charge in [-0.25, -0.2) is 8.78 Å². The van der Waals surface area contributed by atoms with E-state index < -0.39 is 12.1 Å². The van der Waals surface area contributed by atoms with Gasteiger partial charge in [-0.1, -0.05) is 0 Å². The highest BCUT2D eigenvalue weighted by atomic mass is 19.3. The maximum atomic E-state index is 12.5.